The zero-order valence-corrected chi connectivity index (χ0v) is 15.6. The SMILES string of the molecule is CC1CN(C(=O)c2cccc(NC(=O)C3CCCCC3)c2)CCN1.Cl. The van der Waals surface area contributed by atoms with Crippen molar-refractivity contribution in [3.63, 3.8) is 0 Å². The quantitative estimate of drug-likeness (QED) is 0.865. The van der Waals surface area contributed by atoms with Crippen LogP contribution in [0.4, 0.5) is 5.69 Å². The molecule has 1 heterocycles. The molecule has 1 aliphatic heterocycles. The van der Waals surface area contributed by atoms with Gasteiger partial charge in [0.25, 0.3) is 5.91 Å². The molecule has 1 aliphatic carbocycles. The van der Waals surface area contributed by atoms with Crippen LogP contribution in [0.1, 0.15) is 49.4 Å². The second-order valence-corrected chi connectivity index (χ2v) is 7.01. The molecule has 1 saturated carbocycles. The Morgan fingerprint density at radius 3 is 2.68 bits per heavy atom. The van der Waals surface area contributed by atoms with E-state index in [2.05, 4.69) is 17.6 Å². The predicted molar refractivity (Wildman–Crippen MR) is 102 cm³/mol. The van der Waals surface area contributed by atoms with Crippen LogP contribution in [0.2, 0.25) is 0 Å². The van der Waals surface area contributed by atoms with Crippen LogP contribution in [0.25, 0.3) is 0 Å². The molecule has 0 aromatic heterocycles. The van der Waals surface area contributed by atoms with E-state index in [-0.39, 0.29) is 30.1 Å². The summed E-state index contributed by atoms with van der Waals surface area (Å²) in [4.78, 5) is 26.9. The van der Waals surface area contributed by atoms with E-state index in [1.165, 1.54) is 6.42 Å². The summed E-state index contributed by atoms with van der Waals surface area (Å²) in [7, 11) is 0. The van der Waals surface area contributed by atoms with Crippen LogP contribution in [0.5, 0.6) is 0 Å². The molecule has 0 radical (unpaired) electrons. The number of carbonyl (C=O) groups excluding carboxylic acids is 2. The molecular formula is C19H28ClN3O2. The van der Waals surface area contributed by atoms with Crippen LogP contribution in [0.15, 0.2) is 24.3 Å². The molecule has 3 rings (SSSR count). The van der Waals surface area contributed by atoms with Gasteiger partial charge in [-0.2, -0.15) is 0 Å². The molecule has 1 unspecified atom stereocenters. The van der Waals surface area contributed by atoms with Gasteiger partial charge in [-0.25, -0.2) is 0 Å². The molecule has 2 aliphatic rings. The number of carbonyl (C=O) groups is 2. The van der Waals surface area contributed by atoms with Crippen LogP contribution < -0.4 is 10.6 Å². The monoisotopic (exact) mass is 365 g/mol. The average molecular weight is 366 g/mol. The Morgan fingerprint density at radius 1 is 1.20 bits per heavy atom. The number of hydrogen-bond acceptors (Lipinski definition) is 3. The molecule has 1 saturated heterocycles. The van der Waals surface area contributed by atoms with Gasteiger partial charge in [-0.15, -0.1) is 12.4 Å². The Labute approximate surface area is 155 Å². The molecule has 2 fully saturated rings. The van der Waals surface area contributed by atoms with Gasteiger partial charge in [0.2, 0.25) is 5.91 Å². The van der Waals surface area contributed by atoms with Gasteiger partial charge in [0.05, 0.1) is 0 Å². The smallest absolute Gasteiger partial charge is 0.254 e. The summed E-state index contributed by atoms with van der Waals surface area (Å²) in [5, 5.41) is 6.34. The third-order valence-corrected chi connectivity index (χ3v) is 5.01. The molecule has 5 nitrogen and oxygen atoms in total. The van der Waals surface area contributed by atoms with Crippen molar-refractivity contribution >= 4 is 29.9 Å². The fraction of sp³-hybridized carbons (Fsp3) is 0.579. The van der Waals surface area contributed by atoms with Crippen molar-refractivity contribution in [1.82, 2.24) is 10.2 Å². The Kier molecular flexibility index (Phi) is 7.26. The number of benzene rings is 1. The van der Waals surface area contributed by atoms with Gasteiger partial charge in [-0.1, -0.05) is 25.3 Å². The summed E-state index contributed by atoms with van der Waals surface area (Å²) in [6.45, 7) is 4.35. The minimum Gasteiger partial charge on any atom is -0.336 e. The lowest BCUT2D eigenvalue weighted by Crippen LogP contribution is -2.51. The van der Waals surface area contributed by atoms with E-state index in [9.17, 15) is 9.59 Å². The summed E-state index contributed by atoms with van der Waals surface area (Å²) in [5.41, 5.74) is 1.37. The summed E-state index contributed by atoms with van der Waals surface area (Å²) < 4.78 is 0. The minimum absolute atomic E-state index is 0. The number of hydrogen-bond donors (Lipinski definition) is 2. The summed E-state index contributed by atoms with van der Waals surface area (Å²) in [6.07, 6.45) is 5.46. The fourth-order valence-corrected chi connectivity index (χ4v) is 3.64. The first-order valence-corrected chi connectivity index (χ1v) is 9.07. The number of amides is 2. The highest BCUT2D eigenvalue weighted by Crippen LogP contribution is 2.25. The standard InChI is InChI=1S/C19H27N3O2.ClH/c1-14-13-22(11-10-20-14)19(24)16-8-5-9-17(12-16)21-18(23)15-6-3-2-4-7-15;/h5,8-9,12,14-15,20H,2-4,6-7,10-11,13H2,1H3,(H,21,23);1H. The number of halogens is 1. The number of nitrogens with one attached hydrogen (secondary N) is 2. The van der Waals surface area contributed by atoms with Gasteiger partial charge in [0, 0.05) is 42.8 Å². The molecule has 2 N–H and O–H groups in total. The second kappa shape index (κ2) is 9.20. The normalized spacial score (nSPS) is 21.3. The fourth-order valence-electron chi connectivity index (χ4n) is 3.64. The van der Waals surface area contributed by atoms with Gasteiger partial charge < -0.3 is 15.5 Å². The molecule has 1 atom stereocenters. The van der Waals surface area contributed by atoms with E-state index in [4.69, 9.17) is 0 Å². The van der Waals surface area contributed by atoms with Crippen LogP contribution in [0, 0.1) is 5.92 Å². The number of rotatable bonds is 3. The lowest BCUT2D eigenvalue weighted by Gasteiger charge is -2.32. The maximum atomic E-state index is 12.7. The predicted octanol–water partition coefficient (Wildman–Crippen LogP) is 3.06. The largest absolute Gasteiger partial charge is 0.336 e. The minimum atomic E-state index is 0. The third-order valence-electron chi connectivity index (χ3n) is 5.01. The third kappa shape index (κ3) is 5.19. The van der Waals surface area contributed by atoms with E-state index >= 15 is 0 Å². The zero-order valence-electron chi connectivity index (χ0n) is 14.8. The van der Waals surface area contributed by atoms with Crippen molar-refractivity contribution in [3.8, 4) is 0 Å². The summed E-state index contributed by atoms with van der Waals surface area (Å²) in [5.74, 6) is 0.249. The first-order valence-electron chi connectivity index (χ1n) is 9.07. The van der Waals surface area contributed by atoms with Crippen molar-refractivity contribution in [1.29, 1.82) is 0 Å². The molecule has 0 spiro atoms. The highest BCUT2D eigenvalue weighted by Gasteiger charge is 2.23. The number of nitrogens with zero attached hydrogens (tertiary/aromatic N) is 1. The maximum Gasteiger partial charge on any atom is 0.254 e. The van der Waals surface area contributed by atoms with Crippen LogP contribution in [-0.4, -0.2) is 42.4 Å². The van der Waals surface area contributed by atoms with Gasteiger partial charge in [-0.3, -0.25) is 9.59 Å². The van der Waals surface area contributed by atoms with E-state index < -0.39 is 0 Å². The number of piperazine rings is 1. The van der Waals surface area contributed by atoms with E-state index in [1.807, 2.05) is 23.1 Å². The zero-order chi connectivity index (χ0) is 16.9. The molecule has 25 heavy (non-hydrogen) atoms. The molecule has 138 valence electrons. The van der Waals surface area contributed by atoms with Gasteiger partial charge in [0.15, 0.2) is 0 Å². The van der Waals surface area contributed by atoms with Crippen molar-refractivity contribution in [3.05, 3.63) is 29.8 Å². The summed E-state index contributed by atoms with van der Waals surface area (Å²) >= 11 is 0. The topological polar surface area (TPSA) is 61.4 Å². The maximum absolute atomic E-state index is 12.7. The van der Waals surface area contributed by atoms with E-state index in [0.717, 1.165) is 51.0 Å². The van der Waals surface area contributed by atoms with Crippen molar-refractivity contribution < 1.29 is 9.59 Å². The first kappa shape index (κ1) is 19.7. The van der Waals surface area contributed by atoms with E-state index in [0.29, 0.717) is 11.6 Å². The van der Waals surface area contributed by atoms with Gasteiger partial charge in [0.1, 0.15) is 0 Å². The van der Waals surface area contributed by atoms with Gasteiger partial charge in [-0.05, 0) is 38.0 Å². The van der Waals surface area contributed by atoms with Crippen LogP contribution >= 0.6 is 12.4 Å². The Balaban J connectivity index is 0.00000225. The number of anilines is 1. The Morgan fingerprint density at radius 2 is 1.96 bits per heavy atom. The highest BCUT2D eigenvalue weighted by atomic mass is 35.5. The molecule has 1 aromatic carbocycles. The molecule has 1 aromatic rings. The molecular weight excluding hydrogens is 338 g/mol. The van der Waals surface area contributed by atoms with Gasteiger partial charge >= 0.3 is 0 Å². The Hall–Kier alpha value is -1.59. The molecule has 0 bridgehead atoms. The van der Waals surface area contributed by atoms with E-state index in [1.54, 1.807) is 6.07 Å². The average Bonchev–Trinajstić information content (AvgIpc) is 2.62. The van der Waals surface area contributed by atoms with Crippen LogP contribution in [-0.2, 0) is 4.79 Å². The van der Waals surface area contributed by atoms with Crippen molar-refractivity contribution in [2.24, 2.45) is 5.92 Å². The second-order valence-electron chi connectivity index (χ2n) is 7.01. The van der Waals surface area contributed by atoms with Crippen molar-refractivity contribution in [2.75, 3.05) is 25.0 Å². The van der Waals surface area contributed by atoms with Crippen LogP contribution in [0.3, 0.4) is 0 Å². The Bertz CT molecular complexity index is 602. The molecule has 2 amide bonds. The molecule has 6 heteroatoms. The summed E-state index contributed by atoms with van der Waals surface area (Å²) in [6, 6.07) is 7.64. The lowest BCUT2D eigenvalue weighted by molar-refractivity contribution is -0.120. The first-order chi connectivity index (χ1) is 11.6. The lowest BCUT2D eigenvalue weighted by atomic mass is 9.88. The van der Waals surface area contributed by atoms with Crippen molar-refractivity contribution in [2.45, 2.75) is 45.1 Å². The highest BCUT2D eigenvalue weighted by molar-refractivity contribution is 5.97.